The summed E-state index contributed by atoms with van der Waals surface area (Å²) >= 11 is 3.12. The maximum absolute atomic E-state index is 12.0. The number of alkyl halides is 3. The normalized spacial score (nSPS) is 11.7. The summed E-state index contributed by atoms with van der Waals surface area (Å²) in [6.07, 6.45) is -4.76. The Balaban J connectivity index is 3.07. The molecule has 1 aromatic rings. The van der Waals surface area contributed by atoms with Crippen molar-refractivity contribution in [2.24, 2.45) is 5.92 Å². The minimum Gasteiger partial charge on any atom is -0.406 e. The van der Waals surface area contributed by atoms with Crippen LogP contribution in [0.15, 0.2) is 22.7 Å². The summed E-state index contributed by atoms with van der Waals surface area (Å²) in [5.41, 5.74) is 0.182. The van der Waals surface area contributed by atoms with E-state index in [-0.39, 0.29) is 17.3 Å². The van der Waals surface area contributed by atoms with Gasteiger partial charge in [0.15, 0.2) is 5.78 Å². The number of carbonyl (C=O) groups is 1. The molecule has 0 spiro atoms. The molecule has 0 amide bonds. The van der Waals surface area contributed by atoms with Crippen molar-refractivity contribution >= 4 is 21.7 Å². The first-order chi connectivity index (χ1) is 7.70. The molecule has 0 saturated heterocycles. The lowest BCUT2D eigenvalue weighted by Crippen LogP contribution is -2.17. The fourth-order valence-electron chi connectivity index (χ4n) is 1.20. The van der Waals surface area contributed by atoms with E-state index in [1.165, 1.54) is 6.07 Å². The van der Waals surface area contributed by atoms with Crippen LogP contribution < -0.4 is 4.74 Å². The Bertz CT molecular complexity index is 427. The van der Waals surface area contributed by atoms with Crippen molar-refractivity contribution in [3.63, 3.8) is 0 Å². The van der Waals surface area contributed by atoms with Crippen molar-refractivity contribution in [3.05, 3.63) is 28.2 Å². The minimum absolute atomic E-state index is 0.182. The lowest BCUT2D eigenvalue weighted by molar-refractivity contribution is -0.274. The Morgan fingerprint density at radius 2 is 1.94 bits per heavy atom. The largest absolute Gasteiger partial charge is 0.573 e. The van der Waals surface area contributed by atoms with Crippen molar-refractivity contribution in [1.29, 1.82) is 0 Å². The van der Waals surface area contributed by atoms with Crippen molar-refractivity contribution in [2.75, 3.05) is 0 Å². The molecule has 2 nitrogen and oxygen atoms in total. The lowest BCUT2D eigenvalue weighted by atomic mass is 10.0. The van der Waals surface area contributed by atoms with Gasteiger partial charge in [-0.1, -0.05) is 29.8 Å². The van der Waals surface area contributed by atoms with Crippen LogP contribution in [-0.4, -0.2) is 12.1 Å². The van der Waals surface area contributed by atoms with Crippen molar-refractivity contribution in [2.45, 2.75) is 20.2 Å². The van der Waals surface area contributed by atoms with Gasteiger partial charge in [-0.25, -0.2) is 0 Å². The zero-order valence-corrected chi connectivity index (χ0v) is 10.7. The van der Waals surface area contributed by atoms with Gasteiger partial charge in [0.1, 0.15) is 5.75 Å². The van der Waals surface area contributed by atoms with Gasteiger partial charge < -0.3 is 4.74 Å². The second kappa shape index (κ2) is 5.08. The second-order valence-corrected chi connectivity index (χ2v) is 4.56. The molecule has 0 unspecified atom stereocenters. The first-order valence-corrected chi connectivity index (χ1v) is 5.59. The van der Waals surface area contributed by atoms with Crippen molar-refractivity contribution in [3.8, 4) is 5.75 Å². The van der Waals surface area contributed by atoms with Gasteiger partial charge in [0.25, 0.3) is 0 Å². The summed E-state index contributed by atoms with van der Waals surface area (Å²) in [5, 5.41) is 0. The summed E-state index contributed by atoms with van der Waals surface area (Å²) in [5.74, 6) is -0.943. The zero-order valence-electron chi connectivity index (χ0n) is 9.14. The molecule has 6 heteroatoms. The molecule has 94 valence electrons. The van der Waals surface area contributed by atoms with Crippen molar-refractivity contribution in [1.82, 2.24) is 0 Å². The van der Waals surface area contributed by atoms with Crippen LogP contribution in [0.3, 0.4) is 0 Å². The molecule has 1 aromatic carbocycles. The molecular weight excluding hydrogens is 301 g/mol. The Morgan fingerprint density at radius 3 is 2.41 bits per heavy atom. The highest BCUT2D eigenvalue weighted by Crippen LogP contribution is 2.28. The van der Waals surface area contributed by atoms with Crippen LogP contribution in [0.1, 0.15) is 24.2 Å². The van der Waals surface area contributed by atoms with Crippen LogP contribution in [0.2, 0.25) is 0 Å². The molecule has 0 aliphatic rings. The van der Waals surface area contributed by atoms with Gasteiger partial charge in [-0.15, -0.1) is 13.2 Å². The highest BCUT2D eigenvalue weighted by atomic mass is 79.9. The third-order valence-electron chi connectivity index (χ3n) is 1.96. The average Bonchev–Trinajstić information content (AvgIpc) is 2.17. The monoisotopic (exact) mass is 310 g/mol. The van der Waals surface area contributed by atoms with Gasteiger partial charge in [0.2, 0.25) is 0 Å². The van der Waals surface area contributed by atoms with E-state index >= 15 is 0 Å². The molecule has 0 heterocycles. The van der Waals surface area contributed by atoms with Crippen LogP contribution in [0.25, 0.3) is 0 Å². The lowest BCUT2D eigenvalue weighted by Gasteiger charge is -2.12. The summed E-state index contributed by atoms with van der Waals surface area (Å²) in [6, 6.07) is 3.59. The molecule has 0 N–H and O–H groups in total. The number of rotatable bonds is 3. The molecular formula is C11H10BrF3O2. The number of carbonyl (C=O) groups excluding carboxylic acids is 1. The van der Waals surface area contributed by atoms with Gasteiger partial charge in [0.05, 0.1) is 0 Å². The summed E-state index contributed by atoms with van der Waals surface area (Å²) in [7, 11) is 0. The number of hydrogen-bond donors (Lipinski definition) is 0. The molecule has 0 aromatic heterocycles. The predicted molar refractivity (Wildman–Crippen MR) is 60.0 cm³/mol. The van der Waals surface area contributed by atoms with E-state index in [9.17, 15) is 18.0 Å². The Labute approximate surface area is 105 Å². The number of Topliss-reactive ketones (excluding diaryl/α,β-unsaturated/α-hetero) is 1. The first kappa shape index (κ1) is 14.0. The summed E-state index contributed by atoms with van der Waals surface area (Å²) in [4.78, 5) is 11.7. The fourth-order valence-corrected chi connectivity index (χ4v) is 1.64. The quantitative estimate of drug-likeness (QED) is 0.783. The van der Waals surface area contributed by atoms with E-state index in [2.05, 4.69) is 20.7 Å². The maximum atomic E-state index is 12.0. The number of ketones is 1. The van der Waals surface area contributed by atoms with E-state index in [1.807, 2.05) is 0 Å². The number of benzene rings is 1. The van der Waals surface area contributed by atoms with Crippen LogP contribution in [0.5, 0.6) is 5.75 Å². The van der Waals surface area contributed by atoms with Crippen LogP contribution >= 0.6 is 15.9 Å². The molecule has 0 radical (unpaired) electrons. The third-order valence-corrected chi connectivity index (χ3v) is 2.65. The van der Waals surface area contributed by atoms with E-state index in [1.54, 1.807) is 13.8 Å². The summed E-state index contributed by atoms with van der Waals surface area (Å²) in [6.45, 7) is 3.35. The number of ether oxygens (including phenoxy) is 1. The topological polar surface area (TPSA) is 26.3 Å². The Morgan fingerprint density at radius 1 is 1.35 bits per heavy atom. The first-order valence-electron chi connectivity index (χ1n) is 4.80. The van der Waals surface area contributed by atoms with Crippen LogP contribution in [-0.2, 0) is 0 Å². The summed E-state index contributed by atoms with van der Waals surface area (Å²) < 4.78 is 40.2. The average molecular weight is 311 g/mol. The molecule has 0 aliphatic heterocycles. The van der Waals surface area contributed by atoms with Crippen LogP contribution in [0.4, 0.5) is 13.2 Å². The van der Waals surface area contributed by atoms with Crippen molar-refractivity contribution < 1.29 is 22.7 Å². The second-order valence-electron chi connectivity index (χ2n) is 3.71. The predicted octanol–water partition coefficient (Wildman–Crippen LogP) is 4.19. The minimum atomic E-state index is -4.76. The molecule has 0 fully saturated rings. The van der Waals surface area contributed by atoms with Gasteiger partial charge in [0, 0.05) is 16.0 Å². The molecule has 0 bridgehead atoms. The Kier molecular flexibility index (Phi) is 4.19. The van der Waals surface area contributed by atoms with Crippen LogP contribution in [0, 0.1) is 5.92 Å². The standard InChI is InChI=1S/C11H10BrF3O2/c1-6(2)10(16)8-5-7(3-4-9(8)12)17-11(13,14)15/h3-6H,1-2H3. The molecule has 17 heavy (non-hydrogen) atoms. The maximum Gasteiger partial charge on any atom is 0.573 e. The third kappa shape index (κ3) is 4.03. The van der Waals surface area contributed by atoms with Gasteiger partial charge in [-0.3, -0.25) is 4.79 Å². The van der Waals surface area contributed by atoms with E-state index in [4.69, 9.17) is 0 Å². The smallest absolute Gasteiger partial charge is 0.406 e. The number of hydrogen-bond acceptors (Lipinski definition) is 2. The molecule has 1 rings (SSSR count). The van der Waals surface area contributed by atoms with Gasteiger partial charge in [-0.2, -0.15) is 0 Å². The fraction of sp³-hybridized carbons (Fsp3) is 0.364. The molecule has 0 saturated carbocycles. The van der Waals surface area contributed by atoms with E-state index in [0.29, 0.717) is 4.47 Å². The number of halogens is 4. The Hall–Kier alpha value is -1.04. The highest BCUT2D eigenvalue weighted by Gasteiger charge is 2.31. The van der Waals surface area contributed by atoms with Gasteiger partial charge in [-0.05, 0) is 18.2 Å². The van der Waals surface area contributed by atoms with E-state index < -0.39 is 12.1 Å². The van der Waals surface area contributed by atoms with Gasteiger partial charge >= 0.3 is 6.36 Å². The SMILES string of the molecule is CC(C)C(=O)c1cc(OC(F)(F)F)ccc1Br. The molecule has 0 atom stereocenters. The molecule has 0 aliphatic carbocycles. The highest BCUT2D eigenvalue weighted by molar-refractivity contribution is 9.10. The zero-order chi connectivity index (χ0) is 13.2. The van der Waals surface area contributed by atoms with E-state index in [0.717, 1.165) is 12.1 Å².